The van der Waals surface area contributed by atoms with E-state index in [9.17, 15) is 4.79 Å². The SMILES string of the molecule is C[C@@H](c1ccccc1)[N@+]1(C)CC[C@H]1C(=O)OC(C)(C)C. The molecule has 0 bridgehead atoms. The van der Waals surface area contributed by atoms with Crippen LogP contribution >= 0.6 is 0 Å². The Hall–Kier alpha value is -1.35. The summed E-state index contributed by atoms with van der Waals surface area (Å²) in [7, 11) is 2.16. The average Bonchev–Trinajstić information content (AvgIpc) is 2.34. The quantitative estimate of drug-likeness (QED) is 0.625. The largest absolute Gasteiger partial charge is 0.456 e. The van der Waals surface area contributed by atoms with E-state index in [1.54, 1.807) is 0 Å². The number of hydrogen-bond acceptors (Lipinski definition) is 2. The topological polar surface area (TPSA) is 26.3 Å². The monoisotopic (exact) mass is 276 g/mol. The summed E-state index contributed by atoms with van der Waals surface area (Å²) in [4.78, 5) is 12.4. The Balaban J connectivity index is 2.13. The van der Waals surface area contributed by atoms with Crippen molar-refractivity contribution in [2.24, 2.45) is 0 Å². The van der Waals surface area contributed by atoms with Crippen molar-refractivity contribution in [2.45, 2.75) is 51.8 Å². The van der Waals surface area contributed by atoms with Gasteiger partial charge in [-0.3, -0.25) is 0 Å². The standard InChI is InChI=1S/C17H26NO2/c1-13(14-9-7-6-8-10-14)18(5)12-11-15(18)16(19)20-17(2,3)4/h6-10,13,15H,11-12H2,1-5H3/q+1/t13-,15-,18-/m0/s1. The third-order valence-electron chi connectivity index (χ3n) is 4.44. The van der Waals surface area contributed by atoms with Crippen molar-refractivity contribution in [2.75, 3.05) is 13.6 Å². The maximum absolute atomic E-state index is 12.4. The van der Waals surface area contributed by atoms with Crippen LogP contribution in [0, 0.1) is 0 Å². The van der Waals surface area contributed by atoms with Crippen LogP contribution in [-0.2, 0) is 9.53 Å². The van der Waals surface area contributed by atoms with Gasteiger partial charge in [-0.1, -0.05) is 30.3 Å². The fourth-order valence-electron chi connectivity index (χ4n) is 2.93. The maximum atomic E-state index is 12.4. The van der Waals surface area contributed by atoms with E-state index < -0.39 is 5.60 Å². The number of rotatable bonds is 3. The zero-order valence-corrected chi connectivity index (χ0v) is 13.2. The van der Waals surface area contributed by atoms with Crippen molar-refractivity contribution >= 4 is 5.97 Å². The molecule has 0 spiro atoms. The van der Waals surface area contributed by atoms with E-state index in [2.05, 4.69) is 38.2 Å². The van der Waals surface area contributed by atoms with Crippen LogP contribution in [0.2, 0.25) is 0 Å². The number of hydrogen-bond donors (Lipinski definition) is 0. The van der Waals surface area contributed by atoms with Crippen molar-refractivity contribution in [3.05, 3.63) is 35.9 Å². The zero-order valence-electron chi connectivity index (χ0n) is 13.2. The Bertz CT molecular complexity index is 478. The number of likely N-dealkylation sites (tertiary alicyclic amines) is 1. The Morgan fingerprint density at radius 2 is 1.90 bits per heavy atom. The summed E-state index contributed by atoms with van der Waals surface area (Å²) in [5.74, 6) is -0.0611. The van der Waals surface area contributed by atoms with E-state index in [0.29, 0.717) is 6.04 Å². The van der Waals surface area contributed by atoms with E-state index in [0.717, 1.165) is 17.4 Å². The van der Waals surface area contributed by atoms with Gasteiger partial charge in [0.1, 0.15) is 11.6 Å². The fraction of sp³-hybridized carbons (Fsp3) is 0.588. The van der Waals surface area contributed by atoms with Crippen LogP contribution in [-0.4, -0.2) is 35.7 Å². The summed E-state index contributed by atoms with van der Waals surface area (Å²) >= 11 is 0. The first-order valence-electron chi connectivity index (χ1n) is 7.37. The summed E-state index contributed by atoms with van der Waals surface area (Å²) in [6, 6.07) is 10.7. The lowest BCUT2D eigenvalue weighted by Gasteiger charge is -2.52. The molecule has 20 heavy (non-hydrogen) atoms. The van der Waals surface area contributed by atoms with Gasteiger partial charge < -0.3 is 9.22 Å². The molecule has 0 amide bonds. The summed E-state index contributed by atoms with van der Waals surface area (Å²) in [5, 5.41) is 0. The van der Waals surface area contributed by atoms with Crippen molar-refractivity contribution in [3.63, 3.8) is 0 Å². The van der Waals surface area contributed by atoms with Gasteiger partial charge in [-0.15, -0.1) is 0 Å². The summed E-state index contributed by atoms with van der Waals surface area (Å²) in [6.45, 7) is 9.00. The van der Waals surface area contributed by atoms with Crippen LogP contribution in [0.25, 0.3) is 0 Å². The highest BCUT2D eigenvalue weighted by Gasteiger charge is 2.52. The minimum atomic E-state index is -0.409. The second-order valence-electron chi connectivity index (χ2n) is 7.00. The lowest BCUT2D eigenvalue weighted by molar-refractivity contribution is -0.989. The minimum absolute atomic E-state index is 0.0376. The molecular weight excluding hydrogens is 250 g/mol. The zero-order chi connectivity index (χ0) is 15.0. The van der Waals surface area contributed by atoms with Gasteiger partial charge in [0.15, 0.2) is 6.04 Å². The average molecular weight is 276 g/mol. The highest BCUT2D eigenvalue weighted by molar-refractivity contribution is 5.75. The molecular formula is C17H26NO2+. The van der Waals surface area contributed by atoms with Crippen molar-refractivity contribution < 1.29 is 14.0 Å². The molecule has 0 aromatic heterocycles. The molecule has 1 aromatic rings. The molecule has 1 aromatic carbocycles. The van der Waals surface area contributed by atoms with Gasteiger partial charge in [-0.2, -0.15) is 0 Å². The molecule has 1 heterocycles. The van der Waals surface area contributed by atoms with Crippen LogP contribution in [0.1, 0.15) is 45.7 Å². The van der Waals surface area contributed by atoms with Gasteiger partial charge in [0.2, 0.25) is 0 Å². The van der Waals surface area contributed by atoms with E-state index in [4.69, 9.17) is 4.74 Å². The first kappa shape index (κ1) is 15.0. The molecule has 1 aliphatic rings. The first-order valence-corrected chi connectivity index (χ1v) is 7.37. The maximum Gasteiger partial charge on any atom is 0.365 e. The summed E-state index contributed by atoms with van der Waals surface area (Å²) in [5.41, 5.74) is 0.872. The van der Waals surface area contributed by atoms with Gasteiger partial charge >= 0.3 is 5.97 Å². The third kappa shape index (κ3) is 2.88. The van der Waals surface area contributed by atoms with E-state index in [1.165, 1.54) is 5.56 Å². The number of nitrogens with zero attached hydrogens (tertiary/aromatic N) is 1. The van der Waals surface area contributed by atoms with E-state index >= 15 is 0 Å². The number of carbonyl (C=O) groups is 1. The molecule has 0 unspecified atom stereocenters. The second-order valence-corrected chi connectivity index (χ2v) is 7.00. The molecule has 0 N–H and O–H groups in total. The van der Waals surface area contributed by atoms with Crippen LogP contribution < -0.4 is 0 Å². The second kappa shape index (κ2) is 5.21. The molecule has 3 nitrogen and oxygen atoms in total. The van der Waals surface area contributed by atoms with Crippen LogP contribution in [0.4, 0.5) is 0 Å². The first-order chi connectivity index (χ1) is 9.24. The molecule has 3 atom stereocenters. The highest BCUT2D eigenvalue weighted by Crippen LogP contribution is 2.38. The number of likely N-dealkylation sites (N-methyl/N-ethyl adjacent to an activating group) is 1. The molecule has 0 aliphatic carbocycles. The summed E-state index contributed by atoms with van der Waals surface area (Å²) < 4.78 is 6.32. The molecule has 1 saturated heterocycles. The van der Waals surface area contributed by atoms with Crippen LogP contribution in [0.3, 0.4) is 0 Å². The molecule has 1 aliphatic heterocycles. The van der Waals surface area contributed by atoms with Crippen LogP contribution in [0.5, 0.6) is 0 Å². The van der Waals surface area contributed by atoms with Crippen molar-refractivity contribution in [3.8, 4) is 0 Å². The van der Waals surface area contributed by atoms with E-state index in [-0.39, 0.29) is 12.0 Å². The smallest absolute Gasteiger partial charge is 0.365 e. The molecule has 1 fully saturated rings. The Labute approximate surface area is 122 Å². The van der Waals surface area contributed by atoms with Gasteiger partial charge in [0, 0.05) is 5.56 Å². The van der Waals surface area contributed by atoms with Gasteiger partial charge in [0.05, 0.1) is 20.0 Å². The molecule has 3 heteroatoms. The Morgan fingerprint density at radius 3 is 2.35 bits per heavy atom. The number of esters is 1. The van der Waals surface area contributed by atoms with Gasteiger partial charge in [-0.05, 0) is 27.7 Å². The van der Waals surface area contributed by atoms with E-state index in [1.807, 2.05) is 26.8 Å². The molecule has 2 rings (SSSR count). The van der Waals surface area contributed by atoms with Crippen molar-refractivity contribution in [1.82, 2.24) is 0 Å². The predicted molar refractivity (Wildman–Crippen MR) is 80.2 cm³/mol. The number of quaternary nitrogens is 1. The lowest BCUT2D eigenvalue weighted by Crippen LogP contribution is -2.67. The molecule has 110 valence electrons. The summed E-state index contributed by atoms with van der Waals surface area (Å²) in [6.07, 6.45) is 0.919. The van der Waals surface area contributed by atoms with Crippen LogP contribution in [0.15, 0.2) is 30.3 Å². The van der Waals surface area contributed by atoms with Crippen molar-refractivity contribution in [1.29, 1.82) is 0 Å². The normalized spacial score (nSPS) is 27.6. The number of ether oxygens (including phenoxy) is 1. The number of benzene rings is 1. The van der Waals surface area contributed by atoms with Gasteiger partial charge in [-0.25, -0.2) is 4.79 Å². The lowest BCUT2D eigenvalue weighted by atomic mass is 9.91. The van der Waals surface area contributed by atoms with Gasteiger partial charge in [0.25, 0.3) is 0 Å². The Morgan fingerprint density at radius 1 is 1.30 bits per heavy atom. The predicted octanol–water partition coefficient (Wildman–Crippen LogP) is 3.31. The molecule has 0 saturated carbocycles. The fourth-order valence-corrected chi connectivity index (χ4v) is 2.93. The number of carbonyl (C=O) groups excluding carboxylic acids is 1. The Kier molecular flexibility index (Phi) is 3.92. The minimum Gasteiger partial charge on any atom is -0.456 e. The highest BCUT2D eigenvalue weighted by atomic mass is 16.6. The third-order valence-corrected chi connectivity index (χ3v) is 4.44. The molecule has 0 radical (unpaired) electrons.